The monoisotopic (exact) mass is 457 g/mol. The Morgan fingerprint density at radius 2 is 1.69 bits per heavy atom. The highest BCUT2D eigenvalue weighted by atomic mass is 127. The number of amides is 2. The Bertz CT molecular complexity index is 980. The number of hydrogen-bond donors (Lipinski definition) is 2. The number of benzene rings is 3. The van der Waals surface area contributed by atoms with Crippen LogP contribution in [0.4, 0.5) is 0 Å². The zero-order chi connectivity index (χ0) is 18.4. The summed E-state index contributed by atoms with van der Waals surface area (Å²) in [5.41, 5.74) is 3.88. The Kier molecular flexibility index (Phi) is 5.96. The predicted octanol–water partition coefficient (Wildman–Crippen LogP) is 3.32. The highest BCUT2D eigenvalue weighted by Gasteiger charge is 2.10. The summed E-state index contributed by atoms with van der Waals surface area (Å²) in [5.74, 6) is -0.677. The first-order chi connectivity index (χ1) is 12.6. The molecule has 0 aliphatic rings. The third-order valence-electron chi connectivity index (χ3n) is 3.74. The Morgan fingerprint density at radius 1 is 0.962 bits per heavy atom. The summed E-state index contributed by atoms with van der Waals surface area (Å²) in [6.45, 7) is -0.142. The molecule has 0 fully saturated rings. The largest absolute Gasteiger partial charge is 0.343 e. The summed E-state index contributed by atoms with van der Waals surface area (Å²) in [5, 5.41) is 8.73. The summed E-state index contributed by atoms with van der Waals surface area (Å²) < 4.78 is 0.831. The van der Waals surface area contributed by atoms with E-state index in [1.807, 2.05) is 54.6 Å². The third-order valence-corrected chi connectivity index (χ3v) is 4.68. The van der Waals surface area contributed by atoms with Crippen LogP contribution in [0.5, 0.6) is 0 Å². The van der Waals surface area contributed by atoms with Crippen LogP contribution in [0, 0.1) is 3.57 Å². The van der Waals surface area contributed by atoms with Crippen LogP contribution in [0.2, 0.25) is 0 Å². The molecule has 0 aliphatic carbocycles. The fraction of sp³-hybridized carbons (Fsp3) is 0.0500. The first-order valence-electron chi connectivity index (χ1n) is 7.97. The molecule has 0 aromatic heterocycles. The minimum absolute atomic E-state index is 0.142. The van der Waals surface area contributed by atoms with Crippen LogP contribution >= 0.6 is 22.6 Å². The lowest BCUT2D eigenvalue weighted by atomic mass is 10.1. The molecule has 0 bridgehead atoms. The topological polar surface area (TPSA) is 70.6 Å². The Hall–Kier alpha value is -2.74. The minimum Gasteiger partial charge on any atom is -0.343 e. The molecule has 2 N–H and O–H groups in total. The predicted molar refractivity (Wildman–Crippen MR) is 111 cm³/mol. The lowest BCUT2D eigenvalue weighted by Gasteiger charge is -2.06. The van der Waals surface area contributed by atoms with Crippen LogP contribution in [-0.4, -0.2) is 24.6 Å². The van der Waals surface area contributed by atoms with E-state index in [1.165, 1.54) is 0 Å². The molecule has 0 spiro atoms. The van der Waals surface area contributed by atoms with Gasteiger partial charge in [-0.05, 0) is 45.5 Å². The number of nitrogens with one attached hydrogen (secondary N) is 2. The molecule has 3 rings (SSSR count). The molecule has 0 radical (unpaired) electrons. The number of rotatable bonds is 5. The van der Waals surface area contributed by atoms with Gasteiger partial charge in [0.1, 0.15) is 0 Å². The molecule has 3 aromatic rings. The maximum absolute atomic E-state index is 12.1. The van der Waals surface area contributed by atoms with E-state index in [0.717, 1.165) is 19.9 Å². The average Bonchev–Trinajstić information content (AvgIpc) is 2.66. The van der Waals surface area contributed by atoms with Crippen LogP contribution in [0.3, 0.4) is 0 Å². The maximum atomic E-state index is 12.1. The molecule has 5 nitrogen and oxygen atoms in total. The fourth-order valence-electron chi connectivity index (χ4n) is 2.48. The number of halogens is 1. The minimum atomic E-state index is -0.388. The molecular weight excluding hydrogens is 441 g/mol. The highest BCUT2D eigenvalue weighted by molar-refractivity contribution is 14.1. The number of carbonyl (C=O) groups is 2. The zero-order valence-electron chi connectivity index (χ0n) is 13.8. The molecule has 130 valence electrons. The molecule has 0 aliphatic heterocycles. The highest BCUT2D eigenvalue weighted by Crippen LogP contribution is 2.16. The van der Waals surface area contributed by atoms with E-state index in [1.54, 1.807) is 18.3 Å². The summed E-state index contributed by atoms with van der Waals surface area (Å²) in [4.78, 5) is 24.0. The number of fused-ring (bicyclic) bond motifs is 1. The van der Waals surface area contributed by atoms with Gasteiger partial charge >= 0.3 is 0 Å². The lowest BCUT2D eigenvalue weighted by molar-refractivity contribution is -0.120. The van der Waals surface area contributed by atoms with E-state index in [-0.39, 0.29) is 18.4 Å². The van der Waals surface area contributed by atoms with Gasteiger partial charge in [0.25, 0.3) is 11.8 Å². The van der Waals surface area contributed by atoms with Gasteiger partial charge in [-0.3, -0.25) is 9.59 Å². The molecule has 0 saturated heterocycles. The maximum Gasteiger partial charge on any atom is 0.259 e. The quantitative estimate of drug-likeness (QED) is 0.351. The van der Waals surface area contributed by atoms with Crippen molar-refractivity contribution in [3.05, 3.63) is 81.4 Å². The van der Waals surface area contributed by atoms with Gasteiger partial charge in [0.15, 0.2) is 0 Å². The molecular formula is C20H16IN3O2. The van der Waals surface area contributed by atoms with Crippen LogP contribution in [0.25, 0.3) is 10.8 Å². The van der Waals surface area contributed by atoms with Crippen molar-refractivity contribution in [1.82, 2.24) is 10.7 Å². The van der Waals surface area contributed by atoms with E-state index in [9.17, 15) is 9.59 Å². The Balaban J connectivity index is 1.56. The lowest BCUT2D eigenvalue weighted by Crippen LogP contribution is -2.35. The fourth-order valence-corrected chi connectivity index (χ4v) is 3.11. The van der Waals surface area contributed by atoms with E-state index in [0.29, 0.717) is 5.56 Å². The Morgan fingerprint density at radius 3 is 2.54 bits per heavy atom. The SMILES string of the molecule is O=C(CNC(=O)c1ccccc1I)N/N=C\c1cccc2ccccc12. The summed E-state index contributed by atoms with van der Waals surface area (Å²) in [6.07, 6.45) is 1.60. The van der Waals surface area contributed by atoms with E-state index in [4.69, 9.17) is 0 Å². The smallest absolute Gasteiger partial charge is 0.259 e. The second kappa shape index (κ2) is 8.57. The number of nitrogens with zero attached hydrogens (tertiary/aromatic N) is 1. The van der Waals surface area contributed by atoms with Gasteiger partial charge in [0.2, 0.25) is 0 Å². The van der Waals surface area contributed by atoms with Gasteiger partial charge in [-0.1, -0.05) is 54.6 Å². The van der Waals surface area contributed by atoms with Crippen molar-refractivity contribution < 1.29 is 9.59 Å². The third kappa shape index (κ3) is 4.45. The van der Waals surface area contributed by atoms with Gasteiger partial charge < -0.3 is 5.32 Å². The van der Waals surface area contributed by atoms with Crippen molar-refractivity contribution >= 4 is 51.4 Å². The van der Waals surface area contributed by atoms with E-state index in [2.05, 4.69) is 38.4 Å². The van der Waals surface area contributed by atoms with Crippen molar-refractivity contribution in [2.45, 2.75) is 0 Å². The number of carbonyl (C=O) groups excluding carboxylic acids is 2. The van der Waals surface area contributed by atoms with Gasteiger partial charge in [0, 0.05) is 9.13 Å². The molecule has 3 aromatic carbocycles. The van der Waals surface area contributed by atoms with Crippen LogP contribution < -0.4 is 10.7 Å². The van der Waals surface area contributed by atoms with Crippen molar-refractivity contribution in [3.63, 3.8) is 0 Å². The van der Waals surface area contributed by atoms with Gasteiger partial charge in [-0.25, -0.2) is 5.43 Å². The normalized spacial score (nSPS) is 10.8. The van der Waals surface area contributed by atoms with Crippen molar-refractivity contribution in [3.8, 4) is 0 Å². The van der Waals surface area contributed by atoms with Crippen molar-refractivity contribution in [2.24, 2.45) is 5.10 Å². The van der Waals surface area contributed by atoms with E-state index >= 15 is 0 Å². The van der Waals surface area contributed by atoms with Crippen molar-refractivity contribution in [1.29, 1.82) is 0 Å². The summed E-state index contributed by atoms with van der Waals surface area (Å²) in [6, 6.07) is 21.0. The van der Waals surface area contributed by atoms with Crippen molar-refractivity contribution in [2.75, 3.05) is 6.54 Å². The first kappa shape index (κ1) is 18.1. The zero-order valence-corrected chi connectivity index (χ0v) is 15.9. The Labute approximate surface area is 164 Å². The summed E-state index contributed by atoms with van der Waals surface area (Å²) >= 11 is 2.08. The van der Waals surface area contributed by atoms with Gasteiger partial charge in [0.05, 0.1) is 18.3 Å². The van der Waals surface area contributed by atoms with Gasteiger partial charge in [-0.15, -0.1) is 0 Å². The molecule has 26 heavy (non-hydrogen) atoms. The summed E-state index contributed by atoms with van der Waals surface area (Å²) in [7, 11) is 0. The molecule has 2 amide bonds. The second-order valence-electron chi connectivity index (χ2n) is 5.52. The molecule has 0 heterocycles. The molecule has 0 atom stereocenters. The van der Waals surface area contributed by atoms with Gasteiger partial charge in [-0.2, -0.15) is 5.10 Å². The molecule has 0 saturated carbocycles. The van der Waals surface area contributed by atoms with Crippen LogP contribution in [0.15, 0.2) is 71.8 Å². The number of hydrogen-bond acceptors (Lipinski definition) is 3. The second-order valence-corrected chi connectivity index (χ2v) is 6.69. The first-order valence-corrected chi connectivity index (χ1v) is 9.05. The molecule has 6 heteroatoms. The standard InChI is InChI=1S/C20H16IN3O2/c21-18-11-4-3-10-17(18)20(26)22-13-19(25)24-23-12-15-8-5-7-14-6-1-2-9-16(14)15/h1-12H,13H2,(H,22,26)(H,24,25)/b23-12-. The molecule has 0 unspecified atom stereocenters. The number of hydrazone groups is 1. The average molecular weight is 457 g/mol. The van der Waals surface area contributed by atoms with E-state index < -0.39 is 0 Å². The van der Waals surface area contributed by atoms with Crippen LogP contribution in [-0.2, 0) is 4.79 Å². The van der Waals surface area contributed by atoms with Crippen LogP contribution in [0.1, 0.15) is 15.9 Å².